The molecular weight excluding hydrogens is 532 g/mol. The van der Waals surface area contributed by atoms with Crippen molar-refractivity contribution in [2.75, 3.05) is 44.0 Å². The van der Waals surface area contributed by atoms with Crippen molar-refractivity contribution in [3.05, 3.63) is 35.9 Å². The first-order chi connectivity index (χ1) is 19.9. The quantitative estimate of drug-likeness (QED) is 0.310. The summed E-state index contributed by atoms with van der Waals surface area (Å²) >= 11 is 0. The van der Waals surface area contributed by atoms with Crippen LogP contribution < -0.4 is 21.1 Å². The Labute approximate surface area is 236 Å². The van der Waals surface area contributed by atoms with E-state index in [9.17, 15) is 14.4 Å². The average molecular weight is 565 g/mol. The molecule has 14 nitrogen and oxygen atoms in total. The molecule has 1 saturated heterocycles. The summed E-state index contributed by atoms with van der Waals surface area (Å²) in [5, 5.41) is 17.8. The van der Waals surface area contributed by atoms with Gasteiger partial charge in [0.25, 0.3) is 5.91 Å². The number of morpholine rings is 1. The minimum Gasteiger partial charge on any atom is -0.494 e. The number of nitrogens with one attached hydrogen (secondary N) is 2. The molecule has 2 aromatic heterocycles. The summed E-state index contributed by atoms with van der Waals surface area (Å²) in [6.45, 7) is 4.02. The molecular formula is C27H32N8O6. The number of para-hydroxylation sites is 1. The second kappa shape index (κ2) is 12.3. The van der Waals surface area contributed by atoms with Crippen LogP contribution in [0.4, 0.5) is 17.2 Å². The number of carbonyl (C=O) groups excluding carboxylic acids is 3. The molecule has 5 rings (SSSR count). The number of benzene rings is 1. The van der Waals surface area contributed by atoms with Gasteiger partial charge in [-0.05, 0) is 31.4 Å². The Morgan fingerprint density at radius 3 is 2.63 bits per heavy atom. The third-order valence-electron chi connectivity index (χ3n) is 6.89. The minimum atomic E-state index is -0.801. The molecule has 14 heteroatoms. The van der Waals surface area contributed by atoms with Gasteiger partial charge in [0.1, 0.15) is 5.92 Å². The Morgan fingerprint density at radius 1 is 1.17 bits per heavy atom. The zero-order valence-corrected chi connectivity index (χ0v) is 22.9. The van der Waals surface area contributed by atoms with Crippen LogP contribution in [0, 0.1) is 5.92 Å². The number of nitrogens with two attached hydrogens (primary N) is 1. The molecule has 0 spiro atoms. The summed E-state index contributed by atoms with van der Waals surface area (Å²) in [6.07, 6.45) is 2.96. The first-order valence-corrected chi connectivity index (χ1v) is 13.5. The van der Waals surface area contributed by atoms with Gasteiger partial charge in [-0.25, -0.2) is 0 Å². The number of methoxy groups -OCH3 is 1. The number of carbonyl (C=O) groups is 3. The smallest absolute Gasteiger partial charge is 0.271 e. The van der Waals surface area contributed by atoms with E-state index in [1.165, 1.54) is 13.2 Å². The zero-order chi connectivity index (χ0) is 28.9. The van der Waals surface area contributed by atoms with Gasteiger partial charge in [0.15, 0.2) is 17.3 Å². The first kappa shape index (κ1) is 28.0. The second-order valence-corrected chi connectivity index (χ2v) is 9.87. The molecule has 1 aliphatic carbocycles. The van der Waals surface area contributed by atoms with E-state index in [4.69, 9.17) is 19.7 Å². The van der Waals surface area contributed by atoms with Gasteiger partial charge in [-0.1, -0.05) is 24.6 Å². The van der Waals surface area contributed by atoms with Gasteiger partial charge in [-0.3, -0.25) is 14.4 Å². The lowest BCUT2D eigenvalue weighted by Crippen LogP contribution is -2.43. The number of rotatable bonds is 11. The number of hydrogen-bond acceptors (Lipinski definition) is 11. The minimum absolute atomic E-state index is 0.0401. The van der Waals surface area contributed by atoms with Crippen molar-refractivity contribution in [1.82, 2.24) is 25.2 Å². The molecule has 216 valence electrons. The van der Waals surface area contributed by atoms with Gasteiger partial charge in [0.2, 0.25) is 23.5 Å². The van der Waals surface area contributed by atoms with Gasteiger partial charge in [0, 0.05) is 25.1 Å². The molecule has 1 aromatic carbocycles. The maximum absolute atomic E-state index is 13.3. The lowest BCUT2D eigenvalue weighted by Gasteiger charge is -2.29. The predicted octanol–water partition coefficient (Wildman–Crippen LogP) is 2.47. The van der Waals surface area contributed by atoms with Gasteiger partial charge < -0.3 is 35.3 Å². The highest BCUT2D eigenvalue weighted by Gasteiger charge is 2.32. The van der Waals surface area contributed by atoms with Crippen molar-refractivity contribution in [1.29, 1.82) is 0 Å². The summed E-state index contributed by atoms with van der Waals surface area (Å²) in [4.78, 5) is 43.9. The molecule has 0 radical (unpaired) electrons. The fourth-order valence-corrected chi connectivity index (χ4v) is 4.61. The second-order valence-electron chi connectivity index (χ2n) is 9.87. The maximum Gasteiger partial charge on any atom is 0.271 e. The van der Waals surface area contributed by atoms with Crippen molar-refractivity contribution in [2.24, 2.45) is 11.7 Å². The maximum atomic E-state index is 13.3. The Morgan fingerprint density at radius 2 is 1.95 bits per heavy atom. The topological polar surface area (TPSA) is 188 Å². The molecule has 0 bridgehead atoms. The Bertz CT molecular complexity index is 1430. The molecule has 3 heterocycles. The van der Waals surface area contributed by atoms with E-state index in [1.807, 2.05) is 6.92 Å². The molecule has 1 atom stereocenters. The molecule has 3 amide bonds. The summed E-state index contributed by atoms with van der Waals surface area (Å²) in [7, 11) is 1.48. The number of ether oxygens (including phenoxy) is 2. The average Bonchev–Trinajstić information content (AvgIpc) is 3.73. The predicted molar refractivity (Wildman–Crippen MR) is 147 cm³/mol. The van der Waals surface area contributed by atoms with Gasteiger partial charge in [0.05, 0.1) is 37.3 Å². The van der Waals surface area contributed by atoms with Crippen LogP contribution in [0.3, 0.4) is 0 Å². The third kappa shape index (κ3) is 6.27. The number of anilines is 3. The standard InChI is InChI=1S/C27H32N8O6/c1-3-5-17(27(38)35-10-12-40-13-11-35)26-31-24(34-41-26)16-6-4-7-18(22(16)39-2)29-19-14-20(30-25(37)15-8-9-15)32-33-21(19)23(28)36/h4,6-7,14-15,17H,3,5,8-13H2,1-2H3,(H2,28,36)(H2,29,30,32,37). The highest BCUT2D eigenvalue weighted by atomic mass is 16.5. The van der Waals surface area contributed by atoms with Crippen LogP contribution in [0.15, 0.2) is 28.8 Å². The van der Waals surface area contributed by atoms with Crippen molar-refractivity contribution >= 4 is 34.9 Å². The zero-order valence-electron chi connectivity index (χ0n) is 22.9. The Balaban J connectivity index is 1.43. The summed E-state index contributed by atoms with van der Waals surface area (Å²) < 4.78 is 16.7. The van der Waals surface area contributed by atoms with Gasteiger partial charge in [-0.2, -0.15) is 4.98 Å². The highest BCUT2D eigenvalue weighted by molar-refractivity contribution is 5.99. The Hall–Kier alpha value is -4.59. The number of nitrogens with zero attached hydrogens (tertiary/aromatic N) is 5. The number of hydrogen-bond donors (Lipinski definition) is 3. The van der Waals surface area contributed by atoms with Crippen LogP contribution in [0.25, 0.3) is 11.4 Å². The van der Waals surface area contributed by atoms with Gasteiger partial charge >= 0.3 is 0 Å². The van der Waals surface area contributed by atoms with E-state index in [0.717, 1.165) is 19.3 Å². The molecule has 1 unspecified atom stereocenters. The van der Waals surface area contributed by atoms with Crippen molar-refractivity contribution in [3.8, 4) is 17.1 Å². The summed E-state index contributed by atoms with van der Waals surface area (Å²) in [6, 6.07) is 6.70. The van der Waals surface area contributed by atoms with E-state index in [0.29, 0.717) is 49.7 Å². The van der Waals surface area contributed by atoms with Crippen LogP contribution >= 0.6 is 0 Å². The summed E-state index contributed by atoms with van der Waals surface area (Å²) in [5.74, 6) is -0.648. The number of amides is 3. The van der Waals surface area contributed by atoms with Crippen LogP contribution in [-0.4, -0.2) is 76.4 Å². The van der Waals surface area contributed by atoms with Gasteiger partial charge in [-0.15, -0.1) is 10.2 Å². The monoisotopic (exact) mass is 564 g/mol. The molecule has 1 saturated carbocycles. The van der Waals surface area contributed by atoms with E-state index in [2.05, 4.69) is 31.0 Å². The molecule has 1 aliphatic heterocycles. The van der Waals surface area contributed by atoms with Crippen molar-refractivity contribution < 1.29 is 28.4 Å². The lowest BCUT2D eigenvalue weighted by atomic mass is 10.0. The van der Waals surface area contributed by atoms with Crippen LogP contribution in [0.5, 0.6) is 5.75 Å². The lowest BCUT2D eigenvalue weighted by molar-refractivity contribution is -0.137. The first-order valence-electron chi connectivity index (χ1n) is 13.5. The molecule has 41 heavy (non-hydrogen) atoms. The van der Waals surface area contributed by atoms with E-state index >= 15 is 0 Å². The third-order valence-corrected chi connectivity index (χ3v) is 6.89. The SMILES string of the molecule is CCCC(C(=O)N1CCOCC1)c1nc(-c2cccc(Nc3cc(NC(=O)C4CC4)nnc3C(N)=O)c2OC)no1. The highest BCUT2D eigenvalue weighted by Crippen LogP contribution is 2.38. The molecule has 3 aromatic rings. The fourth-order valence-electron chi connectivity index (χ4n) is 4.61. The molecule has 4 N–H and O–H groups in total. The van der Waals surface area contributed by atoms with E-state index in [1.54, 1.807) is 23.1 Å². The largest absolute Gasteiger partial charge is 0.494 e. The number of aromatic nitrogens is 4. The Kier molecular flexibility index (Phi) is 8.38. The number of primary amides is 1. The van der Waals surface area contributed by atoms with Crippen molar-refractivity contribution in [3.63, 3.8) is 0 Å². The van der Waals surface area contributed by atoms with Crippen LogP contribution in [-0.2, 0) is 14.3 Å². The van der Waals surface area contributed by atoms with Crippen molar-refractivity contribution in [2.45, 2.75) is 38.5 Å². The molecule has 2 aliphatic rings. The van der Waals surface area contributed by atoms with Crippen LogP contribution in [0.2, 0.25) is 0 Å². The molecule has 2 fully saturated rings. The summed E-state index contributed by atoms with van der Waals surface area (Å²) in [5.41, 5.74) is 6.58. The van der Waals surface area contributed by atoms with Crippen LogP contribution in [0.1, 0.15) is 54.9 Å². The van der Waals surface area contributed by atoms with E-state index in [-0.39, 0.29) is 46.6 Å². The normalized spacial score (nSPS) is 15.7. The fraction of sp³-hybridized carbons (Fsp3) is 0.444. The van der Waals surface area contributed by atoms with E-state index < -0.39 is 11.8 Å².